The Hall–Kier alpha value is -3.62. The molecule has 0 heterocycles. The van der Waals surface area contributed by atoms with Gasteiger partial charge in [0.1, 0.15) is 5.82 Å². The van der Waals surface area contributed by atoms with Crippen LogP contribution in [0, 0.1) is 5.82 Å². The fourth-order valence-electron chi connectivity index (χ4n) is 2.25. The molecule has 0 fully saturated rings. The van der Waals surface area contributed by atoms with Gasteiger partial charge < -0.3 is 24.8 Å². The normalized spacial score (nSPS) is 10.0. The maximum Gasteiger partial charge on any atom is 0.338 e. The molecule has 0 radical (unpaired) electrons. The average molecular weight is 404 g/mol. The average Bonchev–Trinajstić information content (AvgIpc) is 2.72. The van der Waals surface area contributed by atoms with Crippen LogP contribution in [-0.4, -0.2) is 44.7 Å². The van der Waals surface area contributed by atoms with Gasteiger partial charge in [-0.05, 0) is 49.4 Å². The van der Waals surface area contributed by atoms with Gasteiger partial charge in [0.2, 0.25) is 5.91 Å². The Balaban J connectivity index is 1.79. The van der Waals surface area contributed by atoms with Crippen molar-refractivity contribution in [1.29, 1.82) is 0 Å². The van der Waals surface area contributed by atoms with E-state index in [1.165, 1.54) is 43.5 Å². The van der Waals surface area contributed by atoms with Crippen molar-refractivity contribution in [1.82, 2.24) is 5.32 Å². The first-order chi connectivity index (χ1) is 13.9. The summed E-state index contributed by atoms with van der Waals surface area (Å²) in [5.74, 6) is -1.46. The first-order valence-corrected chi connectivity index (χ1v) is 8.73. The van der Waals surface area contributed by atoms with E-state index in [0.29, 0.717) is 23.8 Å². The quantitative estimate of drug-likeness (QED) is 0.621. The highest BCUT2D eigenvalue weighted by Crippen LogP contribution is 2.28. The summed E-state index contributed by atoms with van der Waals surface area (Å²) >= 11 is 0. The lowest BCUT2D eigenvalue weighted by molar-refractivity contribution is -0.126. The van der Waals surface area contributed by atoms with Crippen LogP contribution < -0.4 is 20.1 Å². The van der Waals surface area contributed by atoms with Gasteiger partial charge in [-0.25, -0.2) is 9.18 Å². The molecule has 0 aliphatic carbocycles. The standard InChI is InChI=1S/C20H21FN2O6/c1-3-28-17-10-13(4-9-16(17)27-2)20(26)29-12-19(25)22-11-18(24)23-15-7-5-14(21)6-8-15/h4-10H,3,11-12H2,1-2H3,(H,22,25)(H,23,24). The molecule has 0 saturated heterocycles. The van der Waals surface area contributed by atoms with Crippen LogP contribution in [0.4, 0.5) is 10.1 Å². The summed E-state index contributed by atoms with van der Waals surface area (Å²) in [5, 5.41) is 4.81. The minimum Gasteiger partial charge on any atom is -0.493 e. The number of amides is 2. The summed E-state index contributed by atoms with van der Waals surface area (Å²) in [6, 6.07) is 9.68. The first-order valence-electron chi connectivity index (χ1n) is 8.73. The molecular formula is C20H21FN2O6. The zero-order valence-electron chi connectivity index (χ0n) is 16.0. The molecule has 9 heteroatoms. The molecule has 0 aliphatic rings. The summed E-state index contributed by atoms with van der Waals surface area (Å²) in [4.78, 5) is 35.7. The van der Waals surface area contributed by atoms with Gasteiger partial charge in [0.15, 0.2) is 18.1 Å². The summed E-state index contributed by atoms with van der Waals surface area (Å²) in [5.41, 5.74) is 0.581. The molecule has 2 aromatic rings. The number of benzene rings is 2. The maximum absolute atomic E-state index is 12.8. The van der Waals surface area contributed by atoms with E-state index in [0.717, 1.165) is 0 Å². The summed E-state index contributed by atoms with van der Waals surface area (Å²) in [6.45, 7) is 1.29. The smallest absolute Gasteiger partial charge is 0.338 e. The van der Waals surface area contributed by atoms with Crippen LogP contribution in [-0.2, 0) is 14.3 Å². The molecule has 2 aromatic carbocycles. The van der Waals surface area contributed by atoms with Gasteiger partial charge in [0.05, 0.1) is 25.8 Å². The molecule has 0 spiro atoms. The van der Waals surface area contributed by atoms with Gasteiger partial charge in [-0.2, -0.15) is 0 Å². The third-order valence-corrected chi connectivity index (χ3v) is 3.61. The van der Waals surface area contributed by atoms with Crippen LogP contribution >= 0.6 is 0 Å². The minimum atomic E-state index is -0.723. The van der Waals surface area contributed by atoms with Crippen molar-refractivity contribution in [3.05, 3.63) is 53.8 Å². The summed E-state index contributed by atoms with van der Waals surface area (Å²) in [7, 11) is 1.48. The molecule has 0 atom stereocenters. The Kier molecular flexibility index (Phi) is 7.96. The number of methoxy groups -OCH3 is 1. The molecule has 0 bridgehead atoms. The van der Waals surface area contributed by atoms with Crippen molar-refractivity contribution in [2.24, 2.45) is 0 Å². The molecule has 8 nitrogen and oxygen atoms in total. The van der Waals surface area contributed by atoms with Gasteiger partial charge in [0, 0.05) is 5.69 Å². The zero-order chi connectivity index (χ0) is 21.2. The number of rotatable bonds is 9. The van der Waals surface area contributed by atoms with E-state index in [-0.39, 0.29) is 12.1 Å². The highest BCUT2D eigenvalue weighted by molar-refractivity contribution is 5.95. The lowest BCUT2D eigenvalue weighted by atomic mass is 10.2. The Morgan fingerprint density at radius 3 is 2.38 bits per heavy atom. The van der Waals surface area contributed by atoms with E-state index in [9.17, 15) is 18.8 Å². The van der Waals surface area contributed by atoms with Crippen LogP contribution in [0.25, 0.3) is 0 Å². The fraction of sp³-hybridized carbons (Fsp3) is 0.250. The second kappa shape index (κ2) is 10.6. The molecule has 0 aromatic heterocycles. The highest BCUT2D eigenvalue weighted by Gasteiger charge is 2.14. The molecule has 2 N–H and O–H groups in total. The molecule has 0 aliphatic heterocycles. The number of halogens is 1. The summed E-state index contributed by atoms with van der Waals surface area (Å²) in [6.07, 6.45) is 0. The monoisotopic (exact) mass is 404 g/mol. The number of carbonyl (C=O) groups excluding carboxylic acids is 3. The van der Waals surface area contributed by atoms with E-state index < -0.39 is 30.2 Å². The Labute approximate surface area is 166 Å². The van der Waals surface area contributed by atoms with Crippen molar-refractivity contribution < 1.29 is 33.0 Å². The van der Waals surface area contributed by atoms with Crippen LogP contribution in [0.2, 0.25) is 0 Å². The van der Waals surface area contributed by atoms with Crippen molar-refractivity contribution in [3.63, 3.8) is 0 Å². The van der Waals surface area contributed by atoms with E-state index >= 15 is 0 Å². The van der Waals surface area contributed by atoms with Gasteiger partial charge in [-0.3, -0.25) is 9.59 Å². The minimum absolute atomic E-state index is 0.191. The molecule has 0 saturated carbocycles. The fourth-order valence-corrected chi connectivity index (χ4v) is 2.25. The third kappa shape index (κ3) is 6.80. The van der Waals surface area contributed by atoms with Crippen LogP contribution in [0.1, 0.15) is 17.3 Å². The van der Waals surface area contributed by atoms with Crippen molar-refractivity contribution >= 4 is 23.5 Å². The van der Waals surface area contributed by atoms with Crippen molar-refractivity contribution in [2.75, 3.05) is 32.2 Å². The Bertz CT molecular complexity index is 870. The predicted octanol–water partition coefficient (Wildman–Crippen LogP) is 2.14. The molecule has 2 rings (SSSR count). The Morgan fingerprint density at radius 1 is 1.00 bits per heavy atom. The van der Waals surface area contributed by atoms with E-state index in [4.69, 9.17) is 14.2 Å². The second-order valence-corrected chi connectivity index (χ2v) is 5.71. The number of anilines is 1. The molecule has 29 heavy (non-hydrogen) atoms. The van der Waals surface area contributed by atoms with Crippen LogP contribution in [0.3, 0.4) is 0 Å². The SMILES string of the molecule is CCOc1cc(C(=O)OCC(=O)NCC(=O)Nc2ccc(F)cc2)ccc1OC. The number of esters is 1. The third-order valence-electron chi connectivity index (χ3n) is 3.61. The second-order valence-electron chi connectivity index (χ2n) is 5.71. The number of hydrogen-bond donors (Lipinski definition) is 2. The van der Waals surface area contributed by atoms with Gasteiger partial charge >= 0.3 is 5.97 Å². The molecular weight excluding hydrogens is 383 g/mol. The lowest BCUT2D eigenvalue weighted by Crippen LogP contribution is -2.35. The van der Waals surface area contributed by atoms with Gasteiger partial charge in [-0.15, -0.1) is 0 Å². The number of nitrogens with one attached hydrogen (secondary N) is 2. The Morgan fingerprint density at radius 2 is 1.72 bits per heavy atom. The lowest BCUT2D eigenvalue weighted by Gasteiger charge is -2.11. The number of carbonyl (C=O) groups is 3. The number of ether oxygens (including phenoxy) is 3. The van der Waals surface area contributed by atoms with E-state index in [1.807, 2.05) is 0 Å². The van der Waals surface area contributed by atoms with Crippen LogP contribution in [0.15, 0.2) is 42.5 Å². The van der Waals surface area contributed by atoms with Crippen LogP contribution in [0.5, 0.6) is 11.5 Å². The molecule has 154 valence electrons. The van der Waals surface area contributed by atoms with Gasteiger partial charge in [-0.1, -0.05) is 0 Å². The largest absolute Gasteiger partial charge is 0.493 e. The number of hydrogen-bond acceptors (Lipinski definition) is 6. The van der Waals surface area contributed by atoms with E-state index in [1.54, 1.807) is 13.0 Å². The van der Waals surface area contributed by atoms with E-state index in [2.05, 4.69) is 10.6 Å². The molecule has 0 unspecified atom stereocenters. The topological polar surface area (TPSA) is 103 Å². The first kappa shape index (κ1) is 21.7. The van der Waals surface area contributed by atoms with Crippen molar-refractivity contribution in [3.8, 4) is 11.5 Å². The van der Waals surface area contributed by atoms with Crippen molar-refractivity contribution in [2.45, 2.75) is 6.92 Å². The summed E-state index contributed by atoms with van der Waals surface area (Å²) < 4.78 is 28.3. The predicted molar refractivity (Wildman–Crippen MR) is 102 cm³/mol. The maximum atomic E-state index is 12.8. The highest BCUT2D eigenvalue weighted by atomic mass is 19.1. The van der Waals surface area contributed by atoms with Gasteiger partial charge in [0.25, 0.3) is 5.91 Å². The zero-order valence-corrected chi connectivity index (χ0v) is 16.0. The molecule has 2 amide bonds.